The van der Waals surface area contributed by atoms with E-state index in [-0.39, 0.29) is 5.82 Å². The number of halogens is 1. The predicted molar refractivity (Wildman–Crippen MR) is 117 cm³/mol. The van der Waals surface area contributed by atoms with Crippen LogP contribution in [-0.4, -0.2) is 32.0 Å². The van der Waals surface area contributed by atoms with Crippen LogP contribution in [0.3, 0.4) is 0 Å². The van der Waals surface area contributed by atoms with Crippen molar-refractivity contribution in [2.45, 2.75) is 13.5 Å². The maximum atomic E-state index is 15.0. The zero-order valence-corrected chi connectivity index (χ0v) is 17.0. The molecular formula is C23H19FN6O. The van der Waals surface area contributed by atoms with Crippen LogP contribution in [0.4, 0.5) is 10.2 Å². The summed E-state index contributed by atoms with van der Waals surface area (Å²) in [5, 5.41) is 4.29. The van der Waals surface area contributed by atoms with Gasteiger partial charge in [0.15, 0.2) is 11.5 Å². The first kappa shape index (κ1) is 18.9. The fourth-order valence-corrected chi connectivity index (χ4v) is 3.72. The van der Waals surface area contributed by atoms with Gasteiger partial charge in [-0.3, -0.25) is 0 Å². The number of pyridine rings is 1. The number of nitrogens with zero attached hydrogens (tertiary/aromatic N) is 4. The quantitative estimate of drug-likeness (QED) is 0.436. The van der Waals surface area contributed by atoms with Gasteiger partial charge < -0.3 is 15.0 Å². The largest absolute Gasteiger partial charge is 0.496 e. The molecule has 0 saturated carbocycles. The molecule has 7 nitrogen and oxygen atoms in total. The molecule has 0 unspecified atom stereocenters. The molecule has 2 aromatic carbocycles. The minimum absolute atomic E-state index is 0.335. The summed E-state index contributed by atoms with van der Waals surface area (Å²) in [7, 11) is 1.53. The summed E-state index contributed by atoms with van der Waals surface area (Å²) in [5.41, 5.74) is 4.79. The molecule has 0 aliphatic rings. The Labute approximate surface area is 177 Å². The molecule has 0 atom stereocenters. The number of imidazole rings is 1. The van der Waals surface area contributed by atoms with Gasteiger partial charge in [0.2, 0.25) is 0 Å². The molecule has 0 aliphatic heterocycles. The average molecular weight is 414 g/mol. The van der Waals surface area contributed by atoms with Crippen LogP contribution >= 0.6 is 0 Å². The number of nitrogens with one attached hydrogen (secondary N) is 2. The van der Waals surface area contributed by atoms with Gasteiger partial charge in [-0.15, -0.1) is 0 Å². The molecule has 0 aliphatic carbocycles. The molecule has 3 heterocycles. The topological polar surface area (TPSA) is 88.6 Å². The first-order valence-corrected chi connectivity index (χ1v) is 9.76. The number of H-pyrrole nitrogens is 1. The van der Waals surface area contributed by atoms with Crippen LogP contribution in [0.1, 0.15) is 11.1 Å². The molecule has 154 valence electrons. The summed E-state index contributed by atoms with van der Waals surface area (Å²) in [6, 6.07) is 12.8. The molecule has 31 heavy (non-hydrogen) atoms. The number of rotatable bonds is 5. The van der Waals surface area contributed by atoms with E-state index < -0.39 is 0 Å². The lowest BCUT2D eigenvalue weighted by molar-refractivity contribution is 0.413. The van der Waals surface area contributed by atoms with Gasteiger partial charge >= 0.3 is 0 Å². The molecule has 2 N–H and O–H groups in total. The summed E-state index contributed by atoms with van der Waals surface area (Å²) in [4.78, 5) is 20.5. The zero-order chi connectivity index (χ0) is 21.4. The number of anilines is 1. The Morgan fingerprint density at radius 3 is 2.84 bits per heavy atom. The number of aromatic amines is 1. The van der Waals surface area contributed by atoms with Crippen LogP contribution in [0.25, 0.3) is 33.3 Å². The molecule has 5 aromatic rings. The van der Waals surface area contributed by atoms with Crippen molar-refractivity contribution in [3.8, 4) is 17.0 Å². The van der Waals surface area contributed by atoms with Gasteiger partial charge in [0, 0.05) is 11.9 Å². The van der Waals surface area contributed by atoms with Crippen LogP contribution in [0, 0.1) is 12.7 Å². The highest BCUT2D eigenvalue weighted by atomic mass is 19.1. The molecule has 0 fully saturated rings. The third-order valence-corrected chi connectivity index (χ3v) is 5.23. The van der Waals surface area contributed by atoms with Gasteiger partial charge in [0.1, 0.15) is 23.4 Å². The van der Waals surface area contributed by atoms with Crippen molar-refractivity contribution in [3.05, 3.63) is 72.1 Å². The van der Waals surface area contributed by atoms with Crippen LogP contribution in [0.15, 0.2) is 55.1 Å². The minimum Gasteiger partial charge on any atom is -0.496 e. The molecule has 0 saturated heterocycles. The van der Waals surface area contributed by atoms with E-state index in [0.717, 1.165) is 22.0 Å². The Morgan fingerprint density at radius 1 is 1.10 bits per heavy atom. The highest BCUT2D eigenvalue weighted by Gasteiger charge is 2.19. The Bertz CT molecular complexity index is 1410. The van der Waals surface area contributed by atoms with Crippen molar-refractivity contribution < 1.29 is 9.13 Å². The second-order valence-corrected chi connectivity index (χ2v) is 7.14. The lowest BCUT2D eigenvalue weighted by atomic mass is 10.0. The summed E-state index contributed by atoms with van der Waals surface area (Å²) in [5.74, 6) is 0.650. The smallest absolute Gasteiger partial charge is 0.182 e. The Hall–Kier alpha value is -4.07. The third kappa shape index (κ3) is 3.31. The second kappa shape index (κ2) is 7.64. The molecule has 0 bridgehead atoms. The van der Waals surface area contributed by atoms with Crippen molar-refractivity contribution in [2.75, 3.05) is 12.4 Å². The van der Waals surface area contributed by atoms with Crippen molar-refractivity contribution in [1.82, 2.24) is 24.9 Å². The SMILES string of the molecule is COc1cccc(F)c1-c1nc2c(C)cccc2cc1CNc1ncnc2nc[nH]c12. The van der Waals surface area contributed by atoms with E-state index in [1.165, 1.54) is 19.5 Å². The van der Waals surface area contributed by atoms with E-state index in [2.05, 4.69) is 25.3 Å². The fraction of sp³-hybridized carbons (Fsp3) is 0.130. The van der Waals surface area contributed by atoms with Crippen molar-refractivity contribution in [1.29, 1.82) is 0 Å². The molecule has 5 rings (SSSR count). The minimum atomic E-state index is -0.390. The summed E-state index contributed by atoms with van der Waals surface area (Å²) < 4.78 is 20.4. The first-order chi connectivity index (χ1) is 15.2. The lowest BCUT2D eigenvalue weighted by Gasteiger charge is -2.16. The molecule has 3 aromatic heterocycles. The number of aromatic nitrogens is 5. The maximum Gasteiger partial charge on any atom is 0.182 e. The standard InChI is InChI=1S/C23H19FN6O/c1-13-5-3-6-14-9-15(10-25-22-21-23(27-11-26-21)29-12-28-22)20(30-19(13)14)18-16(24)7-4-8-17(18)31-2/h3-9,11-12H,10H2,1-2H3,(H2,25,26,27,28,29). The molecule has 0 amide bonds. The van der Waals surface area contributed by atoms with E-state index in [9.17, 15) is 4.39 Å². The van der Waals surface area contributed by atoms with Crippen LogP contribution in [0.2, 0.25) is 0 Å². The Morgan fingerprint density at radius 2 is 1.97 bits per heavy atom. The van der Waals surface area contributed by atoms with Gasteiger partial charge in [0.25, 0.3) is 0 Å². The fourth-order valence-electron chi connectivity index (χ4n) is 3.72. The molecule has 8 heteroatoms. The van der Waals surface area contributed by atoms with Gasteiger partial charge in [0.05, 0.1) is 30.2 Å². The van der Waals surface area contributed by atoms with E-state index in [0.29, 0.717) is 40.5 Å². The van der Waals surface area contributed by atoms with Crippen LogP contribution in [0.5, 0.6) is 5.75 Å². The highest BCUT2D eigenvalue weighted by Crippen LogP contribution is 2.35. The van der Waals surface area contributed by atoms with E-state index >= 15 is 0 Å². The Balaban J connectivity index is 1.66. The number of ether oxygens (including phenoxy) is 1. The lowest BCUT2D eigenvalue weighted by Crippen LogP contribution is -2.07. The summed E-state index contributed by atoms with van der Waals surface area (Å²) in [6.07, 6.45) is 3.02. The maximum absolute atomic E-state index is 15.0. The second-order valence-electron chi connectivity index (χ2n) is 7.14. The predicted octanol–water partition coefficient (Wildman–Crippen LogP) is 4.64. The third-order valence-electron chi connectivity index (χ3n) is 5.23. The number of methoxy groups -OCH3 is 1. The summed E-state index contributed by atoms with van der Waals surface area (Å²) in [6.45, 7) is 2.36. The first-order valence-electron chi connectivity index (χ1n) is 9.76. The molecule has 0 radical (unpaired) electrons. The van der Waals surface area contributed by atoms with E-state index in [1.54, 1.807) is 18.5 Å². The Kier molecular flexibility index (Phi) is 4.66. The van der Waals surface area contributed by atoms with Gasteiger partial charge in [-0.25, -0.2) is 24.3 Å². The monoisotopic (exact) mass is 414 g/mol. The van der Waals surface area contributed by atoms with E-state index in [4.69, 9.17) is 9.72 Å². The van der Waals surface area contributed by atoms with Gasteiger partial charge in [-0.05, 0) is 36.2 Å². The van der Waals surface area contributed by atoms with Crippen molar-refractivity contribution >= 4 is 27.9 Å². The average Bonchev–Trinajstić information content (AvgIpc) is 3.27. The number of fused-ring (bicyclic) bond motifs is 2. The molecule has 0 spiro atoms. The highest BCUT2D eigenvalue weighted by molar-refractivity contribution is 5.87. The van der Waals surface area contributed by atoms with Crippen LogP contribution < -0.4 is 10.1 Å². The van der Waals surface area contributed by atoms with Gasteiger partial charge in [-0.1, -0.05) is 24.3 Å². The van der Waals surface area contributed by atoms with Gasteiger partial charge in [-0.2, -0.15) is 0 Å². The number of para-hydroxylation sites is 1. The number of hydrogen-bond acceptors (Lipinski definition) is 6. The zero-order valence-electron chi connectivity index (χ0n) is 17.0. The normalized spacial score (nSPS) is 11.2. The number of aryl methyl sites for hydroxylation is 1. The number of benzene rings is 2. The van der Waals surface area contributed by atoms with E-state index in [1.807, 2.05) is 31.2 Å². The molecular weight excluding hydrogens is 395 g/mol. The van der Waals surface area contributed by atoms with Crippen molar-refractivity contribution in [2.24, 2.45) is 0 Å². The van der Waals surface area contributed by atoms with Crippen LogP contribution in [-0.2, 0) is 6.54 Å². The van der Waals surface area contributed by atoms with Crippen molar-refractivity contribution in [3.63, 3.8) is 0 Å². The summed E-state index contributed by atoms with van der Waals surface area (Å²) >= 11 is 0. The number of hydrogen-bond donors (Lipinski definition) is 2.